The summed E-state index contributed by atoms with van der Waals surface area (Å²) in [7, 11) is 0. The lowest BCUT2D eigenvalue weighted by Gasteiger charge is -2.67. The lowest BCUT2D eigenvalue weighted by Crippen LogP contribution is -2.71. The van der Waals surface area contributed by atoms with Crippen molar-refractivity contribution < 1.29 is 4.74 Å². The van der Waals surface area contributed by atoms with E-state index in [0.717, 1.165) is 18.3 Å². The normalized spacial score (nSPS) is 50.4. The molecule has 1 spiro atoms. The quantitative estimate of drug-likeness (QED) is 0.610. The summed E-state index contributed by atoms with van der Waals surface area (Å²) in [6.07, 6.45) is 23.8. The van der Waals surface area contributed by atoms with Gasteiger partial charge < -0.3 is 21.5 Å². The minimum atomic E-state index is -0.0321. The van der Waals surface area contributed by atoms with E-state index in [1.165, 1.54) is 82.6 Å². The van der Waals surface area contributed by atoms with Crippen molar-refractivity contribution in [1.82, 2.24) is 5.32 Å². The van der Waals surface area contributed by atoms with Crippen molar-refractivity contribution in [2.45, 2.75) is 114 Å². The Kier molecular flexibility index (Phi) is 4.91. The molecule has 31 heavy (non-hydrogen) atoms. The van der Waals surface area contributed by atoms with E-state index < -0.39 is 0 Å². The van der Waals surface area contributed by atoms with Crippen molar-refractivity contribution in [1.29, 1.82) is 0 Å². The van der Waals surface area contributed by atoms with Crippen molar-refractivity contribution in [2.24, 2.45) is 40.6 Å². The first-order valence-corrected chi connectivity index (χ1v) is 13.2. The molecule has 0 amide bonds. The summed E-state index contributed by atoms with van der Waals surface area (Å²) >= 11 is 0. The number of dihydropyridines is 1. The van der Waals surface area contributed by atoms with Crippen LogP contribution in [0.3, 0.4) is 0 Å². The summed E-state index contributed by atoms with van der Waals surface area (Å²) in [5, 5.41) is 3.31. The van der Waals surface area contributed by atoms with Crippen LogP contribution in [-0.2, 0) is 4.74 Å². The van der Waals surface area contributed by atoms with Crippen LogP contribution in [0.2, 0.25) is 0 Å². The highest BCUT2D eigenvalue weighted by molar-refractivity contribution is 5.24. The molecule has 0 radical (unpaired) electrons. The number of fused-ring (bicyclic) bond motifs is 1. The van der Waals surface area contributed by atoms with Gasteiger partial charge in [0.25, 0.3) is 0 Å². The Morgan fingerprint density at radius 2 is 1.90 bits per heavy atom. The minimum Gasteiger partial charge on any atom is -0.372 e. The van der Waals surface area contributed by atoms with E-state index in [0.29, 0.717) is 23.3 Å². The van der Waals surface area contributed by atoms with Crippen LogP contribution in [0.4, 0.5) is 0 Å². The second-order valence-corrected chi connectivity index (χ2v) is 12.6. The van der Waals surface area contributed by atoms with E-state index in [-0.39, 0.29) is 17.4 Å². The molecule has 172 valence electrons. The third-order valence-electron chi connectivity index (χ3n) is 10.5. The molecule has 4 aliphatic carbocycles. The monoisotopic (exact) mass is 425 g/mol. The summed E-state index contributed by atoms with van der Waals surface area (Å²) in [4.78, 5) is 0. The molecule has 6 fully saturated rings. The zero-order valence-electron chi connectivity index (χ0n) is 19.5. The topological polar surface area (TPSA) is 73.3 Å². The van der Waals surface area contributed by atoms with E-state index in [9.17, 15) is 0 Å². The zero-order valence-corrected chi connectivity index (χ0v) is 19.5. The van der Waals surface area contributed by atoms with Gasteiger partial charge in [-0.3, -0.25) is 0 Å². The Bertz CT molecular complexity index is 770. The first-order valence-electron chi connectivity index (χ1n) is 13.2. The highest BCUT2D eigenvalue weighted by atomic mass is 16.5. The van der Waals surface area contributed by atoms with Gasteiger partial charge in [0.05, 0.1) is 17.4 Å². The van der Waals surface area contributed by atoms with Gasteiger partial charge in [-0.25, -0.2) is 0 Å². The van der Waals surface area contributed by atoms with E-state index in [1.54, 1.807) is 0 Å². The average Bonchev–Trinajstić information content (AvgIpc) is 3.15. The van der Waals surface area contributed by atoms with Gasteiger partial charge in [0.1, 0.15) is 0 Å². The Morgan fingerprint density at radius 3 is 2.65 bits per heavy atom. The second kappa shape index (κ2) is 7.33. The van der Waals surface area contributed by atoms with Crippen molar-refractivity contribution >= 4 is 0 Å². The molecule has 4 saturated carbocycles. The van der Waals surface area contributed by atoms with Gasteiger partial charge in [0.2, 0.25) is 0 Å². The highest BCUT2D eigenvalue weighted by Gasteiger charge is 2.64. The van der Waals surface area contributed by atoms with Crippen LogP contribution in [0.1, 0.15) is 90.4 Å². The van der Waals surface area contributed by atoms with Crippen LogP contribution in [-0.4, -0.2) is 23.4 Å². The summed E-state index contributed by atoms with van der Waals surface area (Å²) in [6.45, 7) is 2.41. The zero-order chi connectivity index (χ0) is 21.3. The van der Waals surface area contributed by atoms with Crippen molar-refractivity contribution in [2.75, 3.05) is 0 Å². The van der Waals surface area contributed by atoms with Crippen LogP contribution < -0.4 is 16.8 Å². The molecule has 3 aliphatic heterocycles. The molecule has 8 atom stereocenters. The summed E-state index contributed by atoms with van der Waals surface area (Å²) in [5.74, 6) is 2.83. The second-order valence-electron chi connectivity index (χ2n) is 12.6. The molecule has 4 nitrogen and oxygen atoms in total. The summed E-state index contributed by atoms with van der Waals surface area (Å²) in [6, 6.07) is 0.340. The fraction of sp³-hybridized carbons (Fsp3) is 0.852. The molecule has 1 unspecified atom stereocenters. The fourth-order valence-corrected chi connectivity index (χ4v) is 9.60. The van der Waals surface area contributed by atoms with Gasteiger partial charge in [0, 0.05) is 18.2 Å². The van der Waals surface area contributed by atoms with Gasteiger partial charge in [-0.2, -0.15) is 0 Å². The maximum atomic E-state index is 7.26. The molecule has 0 aromatic carbocycles. The van der Waals surface area contributed by atoms with E-state index in [4.69, 9.17) is 16.2 Å². The smallest absolute Gasteiger partial charge is 0.0934 e. The van der Waals surface area contributed by atoms with Crippen molar-refractivity contribution in [3.05, 3.63) is 23.9 Å². The lowest BCUT2D eigenvalue weighted by atomic mass is 9.49. The maximum Gasteiger partial charge on any atom is 0.0934 e. The predicted molar refractivity (Wildman–Crippen MR) is 125 cm³/mol. The molecule has 7 rings (SSSR count). The molecular weight excluding hydrogens is 382 g/mol. The minimum absolute atomic E-state index is 0.0311. The molecule has 4 bridgehead atoms. The van der Waals surface area contributed by atoms with E-state index in [2.05, 4.69) is 30.6 Å². The molecular formula is C27H43N3O. The lowest BCUT2D eigenvalue weighted by molar-refractivity contribution is -0.309. The first kappa shape index (κ1) is 20.7. The Labute approximate surface area is 188 Å². The third kappa shape index (κ3) is 3.43. The molecule has 7 aliphatic rings. The van der Waals surface area contributed by atoms with Gasteiger partial charge >= 0.3 is 0 Å². The van der Waals surface area contributed by atoms with Crippen LogP contribution in [0.25, 0.3) is 0 Å². The average molecular weight is 426 g/mol. The molecule has 4 heteroatoms. The Morgan fingerprint density at radius 1 is 1.06 bits per heavy atom. The number of allylic oxidation sites excluding steroid dienone is 2. The summed E-state index contributed by atoms with van der Waals surface area (Å²) < 4.78 is 7.26. The SMILES string of the molecule is C[C@@]12CCC[C@@H]3C[C@@]([C@@H]4C[C@H](CC5=CNC(N)C=C5)CC5(CCCC5)C4)(C[C@@H](N)[C@@H]31)O2. The van der Waals surface area contributed by atoms with Crippen LogP contribution >= 0.6 is 0 Å². The first-order chi connectivity index (χ1) is 14.9. The number of rotatable bonds is 3. The van der Waals surface area contributed by atoms with Crippen molar-refractivity contribution in [3.63, 3.8) is 0 Å². The molecule has 5 N–H and O–H groups in total. The molecule has 0 aromatic rings. The third-order valence-corrected chi connectivity index (χ3v) is 10.5. The predicted octanol–water partition coefficient (Wildman–Crippen LogP) is 4.75. The fourth-order valence-electron chi connectivity index (χ4n) is 9.60. The standard InChI is InChI=1S/C27H43N3O/c1-25-8-4-5-20-14-27(31-25,16-22(28)24(20)25)21-12-19(11-18-6-7-23(29)30-17-18)13-26(15-21)9-2-3-10-26/h6-7,17,19-24,30H,2-5,8-16,28-29H2,1H3/t19-,20+,21+,22+,23?,24+,25+,27-/m0/s1. The van der Waals surface area contributed by atoms with E-state index >= 15 is 0 Å². The Hall–Kier alpha value is -0.840. The van der Waals surface area contributed by atoms with Gasteiger partial charge in [0.15, 0.2) is 0 Å². The maximum absolute atomic E-state index is 7.26. The summed E-state index contributed by atoms with van der Waals surface area (Å²) in [5.41, 5.74) is 14.9. The number of hydrogen-bond acceptors (Lipinski definition) is 4. The highest BCUT2D eigenvalue weighted by Crippen LogP contribution is 2.64. The number of hydrogen-bond donors (Lipinski definition) is 3. The Balaban J connectivity index is 1.29. The largest absolute Gasteiger partial charge is 0.372 e. The van der Waals surface area contributed by atoms with Crippen LogP contribution in [0, 0.1) is 29.1 Å². The van der Waals surface area contributed by atoms with Crippen LogP contribution in [0.5, 0.6) is 0 Å². The number of nitrogens with two attached hydrogens (primary N) is 2. The van der Waals surface area contributed by atoms with Gasteiger partial charge in [-0.15, -0.1) is 0 Å². The molecule has 3 heterocycles. The molecule has 0 aromatic heterocycles. The van der Waals surface area contributed by atoms with Gasteiger partial charge in [-0.05, 0) is 106 Å². The number of nitrogens with one attached hydrogen (secondary N) is 1. The van der Waals surface area contributed by atoms with Gasteiger partial charge in [-0.1, -0.05) is 25.3 Å². The van der Waals surface area contributed by atoms with Crippen molar-refractivity contribution in [3.8, 4) is 0 Å². The molecule has 2 saturated heterocycles. The van der Waals surface area contributed by atoms with Crippen LogP contribution in [0.15, 0.2) is 23.9 Å². The number of ether oxygens (including phenoxy) is 1. The van der Waals surface area contributed by atoms with E-state index in [1.807, 2.05) is 0 Å².